The molecule has 1 aliphatic heterocycles. The summed E-state index contributed by atoms with van der Waals surface area (Å²) >= 11 is 0. The summed E-state index contributed by atoms with van der Waals surface area (Å²) in [6.07, 6.45) is 0.520. The third-order valence-corrected chi connectivity index (χ3v) is 5.14. The molecular weight excluding hydrogens is 420 g/mol. The molecular formula is C21H28N4O7. The van der Waals surface area contributed by atoms with Gasteiger partial charge in [-0.05, 0) is 30.5 Å². The van der Waals surface area contributed by atoms with Crippen molar-refractivity contribution < 1.29 is 33.8 Å². The molecule has 1 heterocycles. The van der Waals surface area contributed by atoms with Gasteiger partial charge in [0.25, 0.3) is 5.91 Å². The molecule has 1 aromatic rings. The van der Waals surface area contributed by atoms with Crippen molar-refractivity contribution in [3.63, 3.8) is 0 Å². The van der Waals surface area contributed by atoms with Crippen molar-refractivity contribution in [1.82, 2.24) is 15.1 Å². The second-order valence-electron chi connectivity index (χ2n) is 7.28. The van der Waals surface area contributed by atoms with Crippen molar-refractivity contribution >= 4 is 29.7 Å². The number of nitrogens with one attached hydrogen (secondary N) is 1. The predicted octanol–water partition coefficient (Wildman–Crippen LogP) is -1.01. The summed E-state index contributed by atoms with van der Waals surface area (Å²) in [6.45, 7) is 0.105. The maximum absolute atomic E-state index is 13.1. The van der Waals surface area contributed by atoms with Crippen LogP contribution in [0.4, 0.5) is 0 Å². The molecule has 174 valence electrons. The lowest BCUT2D eigenvalue weighted by Crippen LogP contribution is -2.59. The molecule has 1 aromatic carbocycles. The van der Waals surface area contributed by atoms with Crippen LogP contribution in [0.2, 0.25) is 0 Å². The maximum Gasteiger partial charge on any atom is 0.323 e. The van der Waals surface area contributed by atoms with Gasteiger partial charge in [0.15, 0.2) is 0 Å². The average Bonchev–Trinajstić information content (AvgIpc) is 2.78. The number of benzene rings is 1. The number of methoxy groups -OCH3 is 1. The van der Waals surface area contributed by atoms with Crippen molar-refractivity contribution in [3.8, 4) is 0 Å². The van der Waals surface area contributed by atoms with Crippen molar-refractivity contribution in [2.24, 2.45) is 5.73 Å². The van der Waals surface area contributed by atoms with Gasteiger partial charge in [-0.15, -0.1) is 0 Å². The molecule has 32 heavy (non-hydrogen) atoms. The van der Waals surface area contributed by atoms with Crippen LogP contribution in [0.15, 0.2) is 24.3 Å². The van der Waals surface area contributed by atoms with Crippen molar-refractivity contribution in [2.75, 3.05) is 39.8 Å². The summed E-state index contributed by atoms with van der Waals surface area (Å²) in [5, 5.41) is 11.7. The second kappa shape index (κ2) is 11.8. The Kier molecular flexibility index (Phi) is 9.14. The second-order valence-corrected chi connectivity index (χ2v) is 7.28. The summed E-state index contributed by atoms with van der Waals surface area (Å²) in [5.41, 5.74) is 6.51. The van der Waals surface area contributed by atoms with Gasteiger partial charge in [0.1, 0.15) is 12.6 Å². The van der Waals surface area contributed by atoms with E-state index >= 15 is 0 Å². The Morgan fingerprint density at radius 3 is 2.47 bits per heavy atom. The van der Waals surface area contributed by atoms with Gasteiger partial charge in [0, 0.05) is 31.6 Å². The van der Waals surface area contributed by atoms with Gasteiger partial charge in [-0.1, -0.05) is 12.1 Å². The number of hydrogen-bond acceptors (Lipinski definition) is 7. The normalized spacial score (nSPS) is 15.9. The van der Waals surface area contributed by atoms with E-state index < -0.39 is 30.4 Å². The number of hydrogen-bond donors (Lipinski definition) is 3. The molecule has 0 radical (unpaired) electrons. The first-order valence-electron chi connectivity index (χ1n) is 10.2. The van der Waals surface area contributed by atoms with Crippen LogP contribution in [0.1, 0.15) is 28.8 Å². The van der Waals surface area contributed by atoms with E-state index in [0.29, 0.717) is 18.5 Å². The van der Waals surface area contributed by atoms with E-state index in [1.54, 1.807) is 24.3 Å². The quantitative estimate of drug-likeness (QED) is 0.384. The highest BCUT2D eigenvalue weighted by Gasteiger charge is 2.38. The van der Waals surface area contributed by atoms with Crippen LogP contribution >= 0.6 is 0 Å². The third kappa shape index (κ3) is 6.77. The maximum atomic E-state index is 13.1. The minimum atomic E-state index is -1.15. The van der Waals surface area contributed by atoms with Gasteiger partial charge < -0.3 is 30.7 Å². The van der Waals surface area contributed by atoms with Crippen LogP contribution in [0, 0.1) is 0 Å². The molecule has 3 amide bonds. The zero-order valence-corrected chi connectivity index (χ0v) is 17.9. The Morgan fingerprint density at radius 1 is 1.19 bits per heavy atom. The molecule has 1 aliphatic rings. The summed E-state index contributed by atoms with van der Waals surface area (Å²) in [4.78, 5) is 62.3. The lowest BCUT2D eigenvalue weighted by atomic mass is 10.0. The minimum absolute atomic E-state index is 0.0340. The number of carboxylic acid groups (broad SMARTS) is 1. The number of esters is 1. The highest BCUT2D eigenvalue weighted by molar-refractivity contribution is 5.98. The fourth-order valence-corrected chi connectivity index (χ4v) is 3.44. The average molecular weight is 448 g/mol. The molecule has 0 aromatic heterocycles. The highest BCUT2D eigenvalue weighted by atomic mass is 16.5. The molecule has 1 saturated heterocycles. The van der Waals surface area contributed by atoms with Gasteiger partial charge in [0.2, 0.25) is 11.8 Å². The fraction of sp³-hybridized carbons (Fsp3) is 0.476. The van der Waals surface area contributed by atoms with E-state index in [1.165, 1.54) is 16.9 Å². The molecule has 4 N–H and O–H groups in total. The summed E-state index contributed by atoms with van der Waals surface area (Å²) in [7, 11) is 1.23. The van der Waals surface area contributed by atoms with Gasteiger partial charge >= 0.3 is 11.9 Å². The Morgan fingerprint density at radius 2 is 1.88 bits per heavy atom. The predicted molar refractivity (Wildman–Crippen MR) is 113 cm³/mol. The Bertz CT molecular complexity index is 856. The number of carboxylic acids is 1. The van der Waals surface area contributed by atoms with E-state index in [-0.39, 0.29) is 44.3 Å². The van der Waals surface area contributed by atoms with Crippen LogP contribution < -0.4 is 11.1 Å². The van der Waals surface area contributed by atoms with Crippen molar-refractivity contribution in [1.29, 1.82) is 0 Å². The van der Waals surface area contributed by atoms with Gasteiger partial charge in [0.05, 0.1) is 13.7 Å². The van der Waals surface area contributed by atoms with E-state index in [1.807, 2.05) is 0 Å². The number of ether oxygens (including phenoxy) is 1. The van der Waals surface area contributed by atoms with E-state index in [4.69, 9.17) is 10.8 Å². The molecule has 0 spiro atoms. The smallest absolute Gasteiger partial charge is 0.323 e. The highest BCUT2D eigenvalue weighted by Crippen LogP contribution is 2.20. The van der Waals surface area contributed by atoms with Crippen LogP contribution in [0.5, 0.6) is 0 Å². The minimum Gasteiger partial charge on any atom is -0.480 e. The molecule has 1 atom stereocenters. The monoisotopic (exact) mass is 448 g/mol. The third-order valence-electron chi connectivity index (χ3n) is 5.14. The topological polar surface area (TPSA) is 159 Å². The Labute approximate surface area is 185 Å². The first-order valence-corrected chi connectivity index (χ1v) is 10.2. The van der Waals surface area contributed by atoms with Crippen molar-refractivity contribution in [2.45, 2.75) is 25.3 Å². The molecule has 0 aliphatic carbocycles. The fourth-order valence-electron chi connectivity index (χ4n) is 3.44. The lowest BCUT2D eigenvalue weighted by Gasteiger charge is -2.40. The first-order chi connectivity index (χ1) is 15.3. The van der Waals surface area contributed by atoms with Crippen LogP contribution in [-0.4, -0.2) is 90.4 Å². The van der Waals surface area contributed by atoms with E-state index in [2.05, 4.69) is 10.1 Å². The molecule has 11 nitrogen and oxygen atoms in total. The van der Waals surface area contributed by atoms with Crippen LogP contribution in [0.25, 0.3) is 0 Å². The lowest BCUT2D eigenvalue weighted by molar-refractivity contribution is -0.150. The number of nitrogens with two attached hydrogens (primary N) is 1. The molecule has 0 unspecified atom stereocenters. The van der Waals surface area contributed by atoms with Crippen LogP contribution in [0.3, 0.4) is 0 Å². The number of aliphatic carboxylic acids is 1. The van der Waals surface area contributed by atoms with Crippen LogP contribution in [-0.2, 0) is 30.3 Å². The molecule has 1 fully saturated rings. The van der Waals surface area contributed by atoms with E-state index in [9.17, 15) is 24.0 Å². The molecule has 0 saturated carbocycles. The number of carbonyl (C=O) groups is 5. The number of carbonyl (C=O) groups excluding carboxylic acids is 4. The van der Waals surface area contributed by atoms with Gasteiger partial charge in [-0.25, -0.2) is 0 Å². The Hall–Kier alpha value is -3.47. The summed E-state index contributed by atoms with van der Waals surface area (Å²) in [6, 6.07) is 5.82. The molecule has 2 rings (SSSR count). The largest absolute Gasteiger partial charge is 0.480 e. The van der Waals surface area contributed by atoms with E-state index in [0.717, 1.165) is 5.56 Å². The molecule has 0 bridgehead atoms. The standard InChI is InChI=1S/C21H28N4O7/c1-32-19(29)7-6-16-21(31)24(13-18(27)28)10-11-25(16)20(30)15-4-2-14(3-5-15)8-9-23-17(26)12-22/h2-5,16H,6-13,22H2,1H3,(H,23,26)(H,27,28)/t16-/m0/s1. The SMILES string of the molecule is COC(=O)CC[C@H]1C(=O)N(CC(=O)O)CCN1C(=O)c1ccc(CCNC(=O)CN)cc1. The summed E-state index contributed by atoms with van der Waals surface area (Å²) < 4.78 is 4.62. The summed E-state index contributed by atoms with van der Waals surface area (Å²) in [5.74, 6) is -2.81. The number of rotatable bonds is 10. The zero-order valence-electron chi connectivity index (χ0n) is 17.9. The van der Waals surface area contributed by atoms with Gasteiger partial charge in [-0.2, -0.15) is 0 Å². The van der Waals surface area contributed by atoms with Gasteiger partial charge in [-0.3, -0.25) is 24.0 Å². The first kappa shape index (κ1) is 24.8. The Balaban J connectivity index is 2.10. The number of amides is 3. The number of piperazine rings is 1. The molecule has 11 heteroatoms. The van der Waals surface area contributed by atoms with Crippen molar-refractivity contribution in [3.05, 3.63) is 35.4 Å². The number of nitrogens with zero attached hydrogens (tertiary/aromatic N) is 2. The zero-order chi connectivity index (χ0) is 23.7.